The third kappa shape index (κ3) is 1.80. The minimum absolute atomic E-state index is 0.0830. The number of amides is 1. The van der Waals surface area contributed by atoms with E-state index in [1.165, 1.54) is 17.2 Å². The van der Waals surface area contributed by atoms with E-state index in [1.54, 1.807) is 20.2 Å². The average molecular weight is 191 g/mol. The number of carbonyl (C=O) groups excluding carboxylic acids is 1. The molecule has 0 spiro atoms. The average Bonchev–Trinajstić information content (AvgIpc) is 2.16. The van der Waals surface area contributed by atoms with E-state index >= 15 is 0 Å². The topological polar surface area (TPSA) is 77.2 Å². The van der Waals surface area contributed by atoms with Gasteiger partial charge in [-0.2, -0.15) is 5.26 Å². The number of aromatic nitrogens is 1. The monoisotopic (exact) mass is 191 g/mol. The zero-order valence-corrected chi connectivity index (χ0v) is 7.85. The Morgan fingerprint density at radius 2 is 2.29 bits per heavy atom. The molecule has 0 unspecified atom stereocenters. The van der Waals surface area contributed by atoms with Gasteiger partial charge in [-0.25, -0.2) is 4.98 Å². The molecule has 0 bridgehead atoms. The van der Waals surface area contributed by atoms with Gasteiger partial charge in [-0.3, -0.25) is 4.79 Å². The van der Waals surface area contributed by atoms with E-state index in [0.717, 1.165) is 0 Å². The van der Waals surface area contributed by atoms with Gasteiger partial charge in [0.2, 0.25) is 0 Å². The van der Waals surface area contributed by atoms with Crippen molar-refractivity contribution in [1.82, 2.24) is 9.88 Å². The van der Waals surface area contributed by atoms with Crippen LogP contribution in [0.25, 0.3) is 0 Å². The molecule has 5 heteroatoms. The van der Waals surface area contributed by atoms with Gasteiger partial charge in [0.25, 0.3) is 5.91 Å². The SMILES string of the molecule is CN(C)C(=O)c1cnc(C#N)c(O)c1. The second-order valence-corrected chi connectivity index (χ2v) is 2.90. The summed E-state index contributed by atoms with van der Waals surface area (Å²) in [5.74, 6) is -0.544. The fourth-order valence-electron chi connectivity index (χ4n) is 0.914. The third-order valence-corrected chi connectivity index (χ3v) is 1.63. The van der Waals surface area contributed by atoms with Gasteiger partial charge < -0.3 is 10.0 Å². The second kappa shape index (κ2) is 3.75. The van der Waals surface area contributed by atoms with E-state index < -0.39 is 0 Å². The molecule has 0 fully saturated rings. The summed E-state index contributed by atoms with van der Waals surface area (Å²) in [5, 5.41) is 17.8. The number of aromatic hydroxyl groups is 1. The van der Waals surface area contributed by atoms with Gasteiger partial charge in [-0.1, -0.05) is 0 Å². The summed E-state index contributed by atoms with van der Waals surface area (Å²) in [7, 11) is 3.19. The van der Waals surface area contributed by atoms with Crippen LogP contribution in [0.4, 0.5) is 0 Å². The van der Waals surface area contributed by atoms with Crippen LogP contribution in [0.1, 0.15) is 16.1 Å². The van der Waals surface area contributed by atoms with Crippen molar-refractivity contribution in [2.45, 2.75) is 0 Å². The number of hydrogen-bond donors (Lipinski definition) is 1. The molecule has 1 N–H and O–H groups in total. The minimum atomic E-state index is -0.278. The molecule has 14 heavy (non-hydrogen) atoms. The van der Waals surface area contributed by atoms with Crippen LogP contribution in [0, 0.1) is 11.3 Å². The van der Waals surface area contributed by atoms with Crippen LogP contribution in [0.2, 0.25) is 0 Å². The van der Waals surface area contributed by atoms with Crippen molar-refractivity contribution in [3.05, 3.63) is 23.5 Å². The number of pyridine rings is 1. The van der Waals surface area contributed by atoms with Gasteiger partial charge in [0.05, 0.1) is 5.56 Å². The largest absolute Gasteiger partial charge is 0.505 e. The highest BCUT2D eigenvalue weighted by Crippen LogP contribution is 2.15. The maximum absolute atomic E-state index is 11.4. The highest BCUT2D eigenvalue weighted by Gasteiger charge is 2.11. The summed E-state index contributed by atoms with van der Waals surface area (Å²) in [4.78, 5) is 16.4. The van der Waals surface area contributed by atoms with Crippen molar-refractivity contribution in [3.8, 4) is 11.8 Å². The summed E-state index contributed by atoms with van der Waals surface area (Å²) in [6.45, 7) is 0. The van der Waals surface area contributed by atoms with E-state index in [2.05, 4.69) is 4.98 Å². The molecule has 0 atom stereocenters. The lowest BCUT2D eigenvalue weighted by Crippen LogP contribution is -2.21. The van der Waals surface area contributed by atoms with Crippen LogP contribution >= 0.6 is 0 Å². The van der Waals surface area contributed by atoms with Crippen molar-refractivity contribution in [1.29, 1.82) is 5.26 Å². The Balaban J connectivity index is 3.11. The lowest BCUT2D eigenvalue weighted by Gasteiger charge is -2.09. The Bertz CT molecular complexity index is 407. The Morgan fingerprint density at radius 1 is 1.64 bits per heavy atom. The standard InChI is InChI=1S/C9H9N3O2/c1-12(2)9(14)6-3-8(13)7(4-10)11-5-6/h3,5,13H,1-2H3. The van der Waals surface area contributed by atoms with E-state index in [1.807, 2.05) is 0 Å². The summed E-state index contributed by atoms with van der Waals surface area (Å²) < 4.78 is 0. The van der Waals surface area contributed by atoms with Crippen molar-refractivity contribution < 1.29 is 9.90 Å². The normalized spacial score (nSPS) is 9.21. The molecule has 0 aliphatic rings. The summed E-state index contributed by atoms with van der Waals surface area (Å²) in [6, 6.07) is 2.93. The number of nitriles is 1. The van der Waals surface area contributed by atoms with E-state index in [4.69, 9.17) is 5.26 Å². The quantitative estimate of drug-likeness (QED) is 0.695. The molecule has 1 heterocycles. The smallest absolute Gasteiger partial charge is 0.255 e. The third-order valence-electron chi connectivity index (χ3n) is 1.63. The van der Waals surface area contributed by atoms with Gasteiger partial charge in [-0.15, -0.1) is 0 Å². The predicted octanol–water partition coefficient (Wildman–Crippen LogP) is 0.361. The highest BCUT2D eigenvalue weighted by atomic mass is 16.3. The van der Waals surface area contributed by atoms with Crippen LogP contribution in [0.3, 0.4) is 0 Å². The second-order valence-electron chi connectivity index (χ2n) is 2.90. The van der Waals surface area contributed by atoms with Gasteiger partial charge in [0, 0.05) is 20.3 Å². The molecule has 0 saturated carbocycles. The molecule has 0 saturated heterocycles. The van der Waals surface area contributed by atoms with Crippen LogP contribution in [-0.4, -0.2) is 35.0 Å². The van der Waals surface area contributed by atoms with Gasteiger partial charge in [0.15, 0.2) is 11.4 Å². The van der Waals surface area contributed by atoms with Crippen molar-refractivity contribution in [3.63, 3.8) is 0 Å². The molecule has 1 aromatic rings. The fourth-order valence-corrected chi connectivity index (χ4v) is 0.914. The highest BCUT2D eigenvalue weighted by molar-refractivity contribution is 5.94. The van der Waals surface area contributed by atoms with E-state index in [9.17, 15) is 9.90 Å². The minimum Gasteiger partial charge on any atom is -0.505 e. The zero-order chi connectivity index (χ0) is 10.7. The van der Waals surface area contributed by atoms with Crippen molar-refractivity contribution in [2.24, 2.45) is 0 Å². The molecular weight excluding hydrogens is 182 g/mol. The molecule has 1 rings (SSSR count). The molecule has 72 valence electrons. The van der Waals surface area contributed by atoms with Gasteiger partial charge >= 0.3 is 0 Å². The zero-order valence-electron chi connectivity index (χ0n) is 7.85. The van der Waals surface area contributed by atoms with Crippen molar-refractivity contribution >= 4 is 5.91 Å². The van der Waals surface area contributed by atoms with Crippen molar-refractivity contribution in [2.75, 3.05) is 14.1 Å². The lowest BCUT2D eigenvalue weighted by molar-refractivity contribution is 0.0826. The Morgan fingerprint density at radius 3 is 2.71 bits per heavy atom. The molecule has 0 radical (unpaired) electrons. The Labute approximate surface area is 81.2 Å². The maximum atomic E-state index is 11.4. The van der Waals surface area contributed by atoms with Crippen LogP contribution in [0.15, 0.2) is 12.3 Å². The number of nitrogens with zero attached hydrogens (tertiary/aromatic N) is 3. The van der Waals surface area contributed by atoms with Crippen LogP contribution in [-0.2, 0) is 0 Å². The first-order chi connectivity index (χ1) is 6.56. The van der Waals surface area contributed by atoms with Gasteiger partial charge in [0.1, 0.15) is 6.07 Å². The summed E-state index contributed by atoms with van der Waals surface area (Å²) in [5.41, 5.74) is 0.173. The molecule has 5 nitrogen and oxygen atoms in total. The molecular formula is C9H9N3O2. The molecule has 0 aromatic carbocycles. The maximum Gasteiger partial charge on any atom is 0.255 e. The van der Waals surface area contributed by atoms with E-state index in [0.29, 0.717) is 0 Å². The summed E-state index contributed by atoms with van der Waals surface area (Å²) in [6.07, 6.45) is 1.26. The lowest BCUT2D eigenvalue weighted by atomic mass is 10.2. The van der Waals surface area contributed by atoms with Crippen LogP contribution < -0.4 is 0 Å². The number of hydrogen-bond acceptors (Lipinski definition) is 4. The van der Waals surface area contributed by atoms with E-state index in [-0.39, 0.29) is 22.9 Å². The van der Waals surface area contributed by atoms with Crippen LogP contribution in [0.5, 0.6) is 5.75 Å². The molecule has 1 amide bonds. The Kier molecular flexibility index (Phi) is 2.67. The molecule has 1 aromatic heterocycles. The number of carbonyl (C=O) groups is 1. The summed E-state index contributed by atoms with van der Waals surface area (Å²) >= 11 is 0. The van der Waals surface area contributed by atoms with Gasteiger partial charge in [-0.05, 0) is 6.07 Å². The molecule has 0 aliphatic heterocycles. The first kappa shape index (κ1) is 9.99. The molecule has 0 aliphatic carbocycles. The first-order valence-corrected chi connectivity index (χ1v) is 3.87. The fraction of sp³-hybridized carbons (Fsp3) is 0.222. The Hall–Kier alpha value is -2.09. The first-order valence-electron chi connectivity index (χ1n) is 3.87. The predicted molar refractivity (Wildman–Crippen MR) is 48.6 cm³/mol. The number of rotatable bonds is 1.